The lowest BCUT2D eigenvalue weighted by atomic mass is 10.1. The van der Waals surface area contributed by atoms with E-state index in [0.717, 1.165) is 10.9 Å². The highest BCUT2D eigenvalue weighted by Gasteiger charge is 2.38. The summed E-state index contributed by atoms with van der Waals surface area (Å²) in [6, 6.07) is 3.13. The van der Waals surface area contributed by atoms with Crippen LogP contribution in [0.3, 0.4) is 0 Å². The van der Waals surface area contributed by atoms with Gasteiger partial charge >= 0.3 is 6.18 Å². The molecular formula is C15H14F3N7O. The molecular weight excluding hydrogens is 351 g/mol. The second-order valence-corrected chi connectivity index (χ2v) is 5.94. The summed E-state index contributed by atoms with van der Waals surface area (Å²) in [5, 5.41) is 10.8. The fourth-order valence-corrected chi connectivity index (χ4v) is 2.86. The van der Waals surface area contributed by atoms with E-state index >= 15 is 0 Å². The molecule has 0 saturated carbocycles. The number of aromatic nitrogens is 6. The molecule has 0 aliphatic carbocycles. The molecule has 0 radical (unpaired) electrons. The Morgan fingerprint density at radius 1 is 1.19 bits per heavy atom. The number of anilines is 1. The third-order valence-electron chi connectivity index (χ3n) is 4.12. The predicted octanol–water partition coefficient (Wildman–Crippen LogP) is 1.84. The van der Waals surface area contributed by atoms with Crippen LogP contribution in [0.25, 0.3) is 5.65 Å². The Morgan fingerprint density at radius 3 is 2.85 bits per heavy atom. The molecule has 1 saturated heterocycles. The molecule has 11 heteroatoms. The first-order valence-electron chi connectivity index (χ1n) is 7.94. The van der Waals surface area contributed by atoms with Crippen molar-refractivity contribution < 1.29 is 17.9 Å². The number of hydrogen-bond donors (Lipinski definition) is 0. The monoisotopic (exact) mass is 365 g/mol. The Hall–Kier alpha value is -2.98. The highest BCUT2D eigenvalue weighted by molar-refractivity contribution is 5.46. The lowest BCUT2D eigenvalue weighted by Crippen LogP contribution is -2.24. The van der Waals surface area contributed by atoms with Crippen molar-refractivity contribution in [2.45, 2.75) is 12.6 Å². The second-order valence-electron chi connectivity index (χ2n) is 5.94. The molecule has 0 N–H and O–H groups in total. The van der Waals surface area contributed by atoms with E-state index in [2.05, 4.69) is 25.3 Å². The van der Waals surface area contributed by atoms with Gasteiger partial charge in [0, 0.05) is 31.4 Å². The van der Waals surface area contributed by atoms with Crippen molar-refractivity contribution >= 4 is 11.5 Å². The molecule has 1 aliphatic rings. The highest BCUT2D eigenvalue weighted by atomic mass is 19.4. The largest absolute Gasteiger partial charge is 0.476 e. The number of alkyl halides is 3. The van der Waals surface area contributed by atoms with Gasteiger partial charge in [-0.15, -0.1) is 15.3 Å². The van der Waals surface area contributed by atoms with E-state index in [1.165, 1.54) is 12.3 Å². The van der Waals surface area contributed by atoms with Crippen LogP contribution in [-0.2, 0) is 6.18 Å². The predicted molar refractivity (Wildman–Crippen MR) is 83.6 cm³/mol. The molecule has 1 fully saturated rings. The maximum Gasteiger partial charge on any atom is 0.453 e. The van der Waals surface area contributed by atoms with Gasteiger partial charge in [0.2, 0.25) is 5.88 Å². The third kappa shape index (κ3) is 3.24. The quantitative estimate of drug-likeness (QED) is 0.698. The van der Waals surface area contributed by atoms with Crippen LogP contribution < -0.4 is 9.64 Å². The number of fused-ring (bicyclic) bond motifs is 1. The van der Waals surface area contributed by atoms with E-state index in [4.69, 9.17) is 4.74 Å². The van der Waals surface area contributed by atoms with Gasteiger partial charge in [-0.25, -0.2) is 4.98 Å². The van der Waals surface area contributed by atoms with Crippen LogP contribution in [0.4, 0.5) is 19.0 Å². The summed E-state index contributed by atoms with van der Waals surface area (Å²) in [6.45, 7) is 1.76. The number of rotatable bonds is 4. The number of ether oxygens (including phenoxy) is 1. The van der Waals surface area contributed by atoms with E-state index in [-0.39, 0.29) is 11.6 Å². The Balaban J connectivity index is 1.46. The van der Waals surface area contributed by atoms with Crippen LogP contribution in [0.15, 0.2) is 30.7 Å². The van der Waals surface area contributed by atoms with Gasteiger partial charge in [-0.2, -0.15) is 17.7 Å². The average Bonchev–Trinajstić information content (AvgIpc) is 3.27. The molecule has 26 heavy (non-hydrogen) atoms. The molecule has 3 aromatic heterocycles. The lowest BCUT2D eigenvalue weighted by Gasteiger charge is -2.17. The maximum absolute atomic E-state index is 13.0. The van der Waals surface area contributed by atoms with Crippen molar-refractivity contribution in [3.05, 3.63) is 36.5 Å². The summed E-state index contributed by atoms with van der Waals surface area (Å²) >= 11 is 0. The first-order chi connectivity index (χ1) is 12.5. The van der Waals surface area contributed by atoms with Crippen LogP contribution in [0.1, 0.15) is 12.2 Å². The number of hydrogen-bond acceptors (Lipinski definition) is 7. The van der Waals surface area contributed by atoms with Gasteiger partial charge in [0.25, 0.3) is 5.82 Å². The van der Waals surface area contributed by atoms with Gasteiger partial charge in [0.1, 0.15) is 5.82 Å². The molecule has 1 atom stereocenters. The standard InChI is InChI=1S/C15H14F3N7O/c16-15(17,18)14-22-21-11-1-2-12(23-25(11)14)24-6-3-10(8-24)9-26-13-7-19-4-5-20-13/h1-2,4-5,7,10H,3,6,8-9H2. The van der Waals surface area contributed by atoms with Crippen molar-refractivity contribution in [3.8, 4) is 5.88 Å². The fourth-order valence-electron chi connectivity index (χ4n) is 2.86. The lowest BCUT2D eigenvalue weighted by molar-refractivity contribution is -0.146. The number of halogens is 3. The molecule has 4 heterocycles. The van der Waals surface area contributed by atoms with Gasteiger partial charge in [0.05, 0.1) is 12.8 Å². The summed E-state index contributed by atoms with van der Waals surface area (Å²) < 4.78 is 45.3. The van der Waals surface area contributed by atoms with Crippen molar-refractivity contribution in [1.29, 1.82) is 0 Å². The van der Waals surface area contributed by atoms with Crippen molar-refractivity contribution in [3.63, 3.8) is 0 Å². The van der Waals surface area contributed by atoms with E-state index in [0.29, 0.717) is 31.4 Å². The van der Waals surface area contributed by atoms with Crippen molar-refractivity contribution in [2.24, 2.45) is 5.92 Å². The van der Waals surface area contributed by atoms with Crippen LogP contribution in [-0.4, -0.2) is 49.5 Å². The molecule has 3 aromatic rings. The minimum absolute atomic E-state index is 0.0582. The van der Waals surface area contributed by atoms with Gasteiger partial charge < -0.3 is 9.64 Å². The third-order valence-corrected chi connectivity index (χ3v) is 4.12. The minimum Gasteiger partial charge on any atom is -0.476 e. The van der Waals surface area contributed by atoms with Gasteiger partial charge in [0.15, 0.2) is 5.65 Å². The Bertz CT molecular complexity index is 899. The summed E-state index contributed by atoms with van der Waals surface area (Å²) in [6.07, 6.45) is 0.878. The van der Waals surface area contributed by atoms with Crippen LogP contribution in [0.2, 0.25) is 0 Å². The van der Waals surface area contributed by atoms with Gasteiger partial charge in [-0.05, 0) is 18.6 Å². The average molecular weight is 365 g/mol. The highest BCUT2D eigenvalue weighted by Crippen LogP contribution is 2.29. The molecule has 8 nitrogen and oxygen atoms in total. The van der Waals surface area contributed by atoms with Crippen LogP contribution >= 0.6 is 0 Å². The molecule has 1 aliphatic heterocycles. The van der Waals surface area contributed by atoms with E-state index in [1.807, 2.05) is 4.90 Å². The zero-order valence-corrected chi connectivity index (χ0v) is 13.5. The zero-order chi connectivity index (χ0) is 18.1. The number of nitrogens with zero attached hydrogens (tertiary/aromatic N) is 7. The van der Waals surface area contributed by atoms with Gasteiger partial charge in [-0.1, -0.05) is 0 Å². The zero-order valence-electron chi connectivity index (χ0n) is 13.5. The molecule has 0 amide bonds. The van der Waals surface area contributed by atoms with E-state index < -0.39 is 12.0 Å². The molecule has 4 rings (SSSR count). The van der Waals surface area contributed by atoms with Crippen molar-refractivity contribution in [1.82, 2.24) is 29.8 Å². The SMILES string of the molecule is FC(F)(F)c1nnc2ccc(N3CCC(COc4cnccn4)C3)nn12. The normalized spacial score (nSPS) is 17.8. The molecule has 0 bridgehead atoms. The Morgan fingerprint density at radius 2 is 2.08 bits per heavy atom. The van der Waals surface area contributed by atoms with E-state index in [1.54, 1.807) is 18.5 Å². The molecule has 1 unspecified atom stereocenters. The fraction of sp³-hybridized carbons (Fsp3) is 0.400. The summed E-state index contributed by atoms with van der Waals surface area (Å²) in [7, 11) is 0. The van der Waals surface area contributed by atoms with Gasteiger partial charge in [-0.3, -0.25) is 4.98 Å². The van der Waals surface area contributed by atoms with E-state index in [9.17, 15) is 13.2 Å². The first kappa shape index (κ1) is 16.5. The molecule has 0 aromatic carbocycles. The summed E-state index contributed by atoms with van der Waals surface area (Å²) in [5.41, 5.74) is 0.0582. The van der Waals surface area contributed by atoms with Crippen molar-refractivity contribution in [2.75, 3.05) is 24.6 Å². The molecule has 0 spiro atoms. The first-order valence-corrected chi connectivity index (χ1v) is 7.94. The topological polar surface area (TPSA) is 81.3 Å². The maximum atomic E-state index is 13.0. The molecule has 136 valence electrons. The summed E-state index contributed by atoms with van der Waals surface area (Å²) in [5.74, 6) is -0.0109. The summed E-state index contributed by atoms with van der Waals surface area (Å²) in [4.78, 5) is 9.89. The Labute approximate surface area is 145 Å². The smallest absolute Gasteiger partial charge is 0.453 e. The minimum atomic E-state index is -4.61. The second kappa shape index (κ2) is 6.39. The van der Waals surface area contributed by atoms with Crippen LogP contribution in [0.5, 0.6) is 5.88 Å². The Kier molecular flexibility index (Phi) is 4.05. The van der Waals surface area contributed by atoms with Crippen LogP contribution in [0, 0.1) is 5.92 Å².